The highest BCUT2D eigenvalue weighted by atomic mass is 16.5. The van der Waals surface area contributed by atoms with Gasteiger partial charge >= 0.3 is 0 Å². The topological polar surface area (TPSA) is 78.9 Å². The molecule has 1 aliphatic rings. The van der Waals surface area contributed by atoms with Crippen LogP contribution in [0.4, 0.5) is 0 Å². The average molecular weight is 404 g/mol. The average Bonchev–Trinajstić information content (AvgIpc) is 3.22. The first-order valence-corrected chi connectivity index (χ1v) is 10.7. The summed E-state index contributed by atoms with van der Waals surface area (Å²) < 4.78 is 5.32. The Bertz CT molecular complexity index is 629. The molecule has 1 aromatic rings. The van der Waals surface area contributed by atoms with Gasteiger partial charge in [0.05, 0.1) is 0 Å². The molecular weight excluding hydrogens is 366 g/mol. The molecule has 0 unspecified atom stereocenters. The molecule has 0 aliphatic heterocycles. The second-order valence-corrected chi connectivity index (χ2v) is 7.88. The zero-order chi connectivity index (χ0) is 21.0. The van der Waals surface area contributed by atoms with Crippen LogP contribution >= 0.6 is 0 Å². The van der Waals surface area contributed by atoms with Gasteiger partial charge in [0.1, 0.15) is 6.54 Å². The van der Waals surface area contributed by atoms with Gasteiger partial charge in [0.15, 0.2) is 5.96 Å². The number of likely N-dealkylation sites (N-methyl/N-ethyl adjacent to an activating group) is 1. The van der Waals surface area contributed by atoms with E-state index in [-0.39, 0.29) is 17.9 Å². The molecule has 1 heterocycles. The summed E-state index contributed by atoms with van der Waals surface area (Å²) in [5.74, 6) is 0.718. The molecule has 0 saturated heterocycles. The molecule has 1 aromatic heterocycles. The molecule has 1 aliphatic carbocycles. The maximum absolute atomic E-state index is 12.5. The SMILES string of the molecule is CCNC(=NCC(=O)N(C)CCc1ccccn1)NCC1(CCOC)CCCC1. The summed E-state index contributed by atoms with van der Waals surface area (Å²) in [5, 5.41) is 6.73. The molecule has 0 spiro atoms. The summed E-state index contributed by atoms with van der Waals surface area (Å²) in [6.45, 7) is 5.23. The maximum atomic E-state index is 12.5. The molecular formula is C22H37N5O2. The monoisotopic (exact) mass is 403 g/mol. The number of carbonyl (C=O) groups is 1. The molecule has 0 atom stereocenters. The molecule has 1 fully saturated rings. The Morgan fingerprint density at radius 2 is 2.10 bits per heavy atom. The number of nitrogens with zero attached hydrogens (tertiary/aromatic N) is 3. The van der Waals surface area contributed by atoms with E-state index >= 15 is 0 Å². The summed E-state index contributed by atoms with van der Waals surface area (Å²) in [6.07, 6.45) is 8.57. The van der Waals surface area contributed by atoms with Gasteiger partial charge in [-0.1, -0.05) is 18.9 Å². The molecule has 0 aromatic carbocycles. The van der Waals surface area contributed by atoms with Gasteiger partial charge in [-0.15, -0.1) is 0 Å². The number of aromatic nitrogens is 1. The van der Waals surface area contributed by atoms with E-state index in [1.807, 2.05) is 32.2 Å². The molecule has 2 N–H and O–H groups in total. The van der Waals surface area contributed by atoms with Crippen molar-refractivity contribution in [3.05, 3.63) is 30.1 Å². The van der Waals surface area contributed by atoms with Gasteiger partial charge in [-0.2, -0.15) is 0 Å². The molecule has 1 amide bonds. The minimum absolute atomic E-state index is 0.00750. The molecule has 7 nitrogen and oxygen atoms in total. The predicted octanol–water partition coefficient (Wildman–Crippen LogP) is 2.23. The van der Waals surface area contributed by atoms with E-state index in [4.69, 9.17) is 4.74 Å². The van der Waals surface area contributed by atoms with Crippen molar-refractivity contribution in [2.24, 2.45) is 10.4 Å². The molecule has 29 heavy (non-hydrogen) atoms. The fourth-order valence-electron chi connectivity index (χ4n) is 3.79. The lowest BCUT2D eigenvalue weighted by atomic mass is 9.83. The van der Waals surface area contributed by atoms with E-state index in [9.17, 15) is 4.79 Å². The third-order valence-corrected chi connectivity index (χ3v) is 5.70. The summed E-state index contributed by atoms with van der Waals surface area (Å²) >= 11 is 0. The highest BCUT2D eigenvalue weighted by molar-refractivity contribution is 5.84. The lowest BCUT2D eigenvalue weighted by molar-refractivity contribution is -0.128. The van der Waals surface area contributed by atoms with Gasteiger partial charge in [0.2, 0.25) is 5.91 Å². The molecule has 7 heteroatoms. The number of amides is 1. The van der Waals surface area contributed by atoms with Crippen LogP contribution in [0, 0.1) is 5.41 Å². The quantitative estimate of drug-likeness (QED) is 0.438. The summed E-state index contributed by atoms with van der Waals surface area (Å²) in [5.41, 5.74) is 1.26. The van der Waals surface area contributed by atoms with Crippen molar-refractivity contribution in [1.29, 1.82) is 0 Å². The first kappa shape index (κ1) is 23.1. The number of ether oxygens (including phenoxy) is 1. The Kier molecular flexibility index (Phi) is 9.91. The van der Waals surface area contributed by atoms with E-state index in [0.717, 1.165) is 38.2 Å². The fraction of sp³-hybridized carbons (Fsp3) is 0.682. The van der Waals surface area contributed by atoms with Crippen molar-refractivity contribution in [2.45, 2.75) is 45.4 Å². The standard InChI is InChI=1S/C22H37N5O2/c1-4-23-21(26-18-22(13-16-29-3)11-6-7-12-22)25-17-20(28)27(2)15-10-19-9-5-8-14-24-19/h5,8-9,14H,4,6-7,10-13,15-18H2,1-3H3,(H2,23,25,26). The van der Waals surface area contributed by atoms with Crippen molar-refractivity contribution >= 4 is 11.9 Å². The van der Waals surface area contributed by atoms with Crippen LogP contribution in [0.15, 0.2) is 29.4 Å². The van der Waals surface area contributed by atoms with E-state index in [0.29, 0.717) is 12.5 Å². The van der Waals surface area contributed by atoms with Crippen LogP contribution in [0.5, 0.6) is 0 Å². The van der Waals surface area contributed by atoms with Crippen LogP contribution in [0.25, 0.3) is 0 Å². The largest absolute Gasteiger partial charge is 0.385 e. The van der Waals surface area contributed by atoms with Gasteiger partial charge < -0.3 is 20.3 Å². The van der Waals surface area contributed by atoms with Crippen molar-refractivity contribution in [1.82, 2.24) is 20.5 Å². The first-order valence-electron chi connectivity index (χ1n) is 10.7. The molecule has 1 saturated carbocycles. The van der Waals surface area contributed by atoms with E-state index in [1.165, 1.54) is 25.7 Å². The van der Waals surface area contributed by atoms with E-state index in [2.05, 4.69) is 20.6 Å². The van der Waals surface area contributed by atoms with Crippen LogP contribution in [-0.2, 0) is 16.0 Å². The van der Waals surface area contributed by atoms with Gasteiger partial charge in [-0.3, -0.25) is 9.78 Å². The summed E-state index contributed by atoms with van der Waals surface area (Å²) in [4.78, 5) is 23.0. The van der Waals surface area contributed by atoms with Gasteiger partial charge in [0, 0.05) is 58.7 Å². The van der Waals surface area contributed by atoms with Crippen LogP contribution < -0.4 is 10.6 Å². The number of methoxy groups -OCH3 is 1. The van der Waals surface area contributed by atoms with Gasteiger partial charge in [-0.05, 0) is 43.7 Å². The number of pyridine rings is 1. The van der Waals surface area contributed by atoms with Crippen molar-refractivity contribution in [3.63, 3.8) is 0 Å². The normalized spacial score (nSPS) is 15.9. The van der Waals surface area contributed by atoms with Crippen molar-refractivity contribution in [2.75, 3.05) is 46.9 Å². The number of aliphatic imine (C=N–C) groups is 1. The molecule has 0 bridgehead atoms. The van der Waals surface area contributed by atoms with Gasteiger partial charge in [0.25, 0.3) is 0 Å². The smallest absolute Gasteiger partial charge is 0.244 e. The maximum Gasteiger partial charge on any atom is 0.244 e. The zero-order valence-corrected chi connectivity index (χ0v) is 18.2. The Hall–Kier alpha value is -2.15. The third kappa shape index (κ3) is 8.01. The highest BCUT2D eigenvalue weighted by Gasteiger charge is 2.33. The number of hydrogen-bond donors (Lipinski definition) is 2. The minimum atomic E-state index is 0.00750. The minimum Gasteiger partial charge on any atom is -0.385 e. The highest BCUT2D eigenvalue weighted by Crippen LogP contribution is 2.40. The third-order valence-electron chi connectivity index (χ3n) is 5.70. The number of rotatable bonds is 11. The molecule has 2 rings (SSSR count). The second-order valence-electron chi connectivity index (χ2n) is 7.88. The Labute approximate surface area is 175 Å². The summed E-state index contributed by atoms with van der Waals surface area (Å²) in [6, 6.07) is 5.84. The molecule has 0 radical (unpaired) electrons. The van der Waals surface area contributed by atoms with Gasteiger partial charge in [-0.25, -0.2) is 4.99 Å². The fourth-order valence-corrected chi connectivity index (χ4v) is 3.79. The Balaban J connectivity index is 1.84. The predicted molar refractivity (Wildman–Crippen MR) is 117 cm³/mol. The van der Waals surface area contributed by atoms with Crippen LogP contribution in [0.2, 0.25) is 0 Å². The lowest BCUT2D eigenvalue weighted by Gasteiger charge is -2.30. The first-order chi connectivity index (χ1) is 14.1. The van der Waals surface area contributed by atoms with Crippen molar-refractivity contribution in [3.8, 4) is 0 Å². The van der Waals surface area contributed by atoms with E-state index in [1.54, 1.807) is 18.2 Å². The van der Waals surface area contributed by atoms with Crippen LogP contribution in [0.3, 0.4) is 0 Å². The second kappa shape index (κ2) is 12.4. The lowest BCUT2D eigenvalue weighted by Crippen LogP contribution is -2.44. The summed E-state index contributed by atoms with van der Waals surface area (Å²) in [7, 11) is 3.58. The van der Waals surface area contributed by atoms with Crippen LogP contribution in [0.1, 0.15) is 44.7 Å². The number of hydrogen-bond acceptors (Lipinski definition) is 4. The number of carbonyl (C=O) groups excluding carboxylic acids is 1. The molecule has 162 valence electrons. The zero-order valence-electron chi connectivity index (χ0n) is 18.2. The van der Waals surface area contributed by atoms with Crippen LogP contribution in [-0.4, -0.2) is 68.7 Å². The van der Waals surface area contributed by atoms with E-state index < -0.39 is 0 Å². The number of guanidine groups is 1. The Morgan fingerprint density at radius 1 is 1.31 bits per heavy atom. The number of nitrogens with one attached hydrogen (secondary N) is 2. The Morgan fingerprint density at radius 3 is 2.76 bits per heavy atom. The van der Waals surface area contributed by atoms with Crippen molar-refractivity contribution < 1.29 is 9.53 Å².